The maximum absolute atomic E-state index is 12.5. The second-order valence-electron chi connectivity index (χ2n) is 5.76. The maximum Gasteiger partial charge on any atom is 0.0353 e. The van der Waals surface area contributed by atoms with Gasteiger partial charge in [0.15, 0.2) is 0 Å². The highest BCUT2D eigenvalue weighted by Crippen LogP contribution is 2.31. The average Bonchev–Trinajstić information content (AvgIpc) is 2.29. The molecule has 2 saturated carbocycles. The van der Waals surface area contributed by atoms with Crippen LogP contribution in [-0.4, -0.2) is 20.8 Å². The molecule has 3 atom stereocenters. The van der Waals surface area contributed by atoms with Crippen molar-refractivity contribution in [1.82, 2.24) is 0 Å². The molecule has 2 fully saturated rings. The molecule has 2 N–H and O–H groups in total. The highest BCUT2D eigenvalue weighted by molar-refractivity contribution is 7.86. The minimum atomic E-state index is -0.584. The molecule has 0 bridgehead atoms. The SMILES string of the molecule is CC1CCCC(S(=O)C2CCC(N)CC2)C1. The Balaban J connectivity index is 1.86. The summed E-state index contributed by atoms with van der Waals surface area (Å²) in [5, 5.41) is 0.943. The number of nitrogens with two attached hydrogens (primary N) is 1. The fraction of sp³-hybridized carbons (Fsp3) is 1.00. The number of rotatable bonds is 2. The number of hydrogen-bond donors (Lipinski definition) is 1. The van der Waals surface area contributed by atoms with Gasteiger partial charge in [-0.25, -0.2) is 0 Å². The predicted molar refractivity (Wildman–Crippen MR) is 69.8 cm³/mol. The van der Waals surface area contributed by atoms with E-state index in [0.717, 1.165) is 31.6 Å². The van der Waals surface area contributed by atoms with E-state index < -0.39 is 10.8 Å². The molecule has 0 aromatic carbocycles. The zero-order chi connectivity index (χ0) is 11.5. The van der Waals surface area contributed by atoms with E-state index in [-0.39, 0.29) is 0 Å². The van der Waals surface area contributed by atoms with E-state index in [1.807, 2.05) is 0 Å². The smallest absolute Gasteiger partial charge is 0.0353 e. The van der Waals surface area contributed by atoms with Crippen LogP contribution in [0.25, 0.3) is 0 Å². The summed E-state index contributed by atoms with van der Waals surface area (Å²) in [6, 6.07) is 0.374. The number of hydrogen-bond acceptors (Lipinski definition) is 2. The standard InChI is InChI=1S/C13H25NOS/c1-10-3-2-4-13(9-10)16(15)12-7-5-11(14)6-8-12/h10-13H,2-9,14H2,1H3. The second kappa shape index (κ2) is 5.63. The first-order chi connectivity index (χ1) is 7.66. The largest absolute Gasteiger partial charge is 0.328 e. The molecule has 3 heteroatoms. The molecule has 2 rings (SSSR count). The van der Waals surface area contributed by atoms with Crippen molar-refractivity contribution < 1.29 is 4.21 Å². The summed E-state index contributed by atoms with van der Waals surface area (Å²) in [6.45, 7) is 2.31. The third-order valence-electron chi connectivity index (χ3n) is 4.26. The van der Waals surface area contributed by atoms with E-state index >= 15 is 0 Å². The molecule has 2 aliphatic rings. The summed E-state index contributed by atoms with van der Waals surface area (Å²) >= 11 is 0. The Hall–Kier alpha value is 0.110. The summed E-state index contributed by atoms with van der Waals surface area (Å²) in [5.74, 6) is 0.786. The van der Waals surface area contributed by atoms with Crippen molar-refractivity contribution in [2.24, 2.45) is 11.7 Å². The maximum atomic E-state index is 12.5. The molecule has 0 radical (unpaired) electrons. The molecule has 3 unspecified atom stereocenters. The van der Waals surface area contributed by atoms with Gasteiger partial charge in [0.1, 0.15) is 0 Å². The lowest BCUT2D eigenvalue weighted by Crippen LogP contribution is -2.36. The van der Waals surface area contributed by atoms with E-state index in [2.05, 4.69) is 6.92 Å². The molecule has 0 heterocycles. The van der Waals surface area contributed by atoms with Crippen molar-refractivity contribution in [3.8, 4) is 0 Å². The molecule has 0 spiro atoms. The van der Waals surface area contributed by atoms with Crippen molar-refractivity contribution in [2.75, 3.05) is 0 Å². The zero-order valence-corrected chi connectivity index (χ0v) is 11.2. The Kier molecular flexibility index (Phi) is 4.42. The molecule has 2 nitrogen and oxygen atoms in total. The van der Waals surface area contributed by atoms with Crippen LogP contribution in [0.2, 0.25) is 0 Å². The monoisotopic (exact) mass is 243 g/mol. The lowest BCUT2D eigenvalue weighted by molar-refractivity contribution is 0.383. The van der Waals surface area contributed by atoms with Crippen LogP contribution in [0.15, 0.2) is 0 Å². The van der Waals surface area contributed by atoms with Gasteiger partial charge < -0.3 is 5.73 Å². The second-order valence-corrected chi connectivity index (χ2v) is 7.75. The fourth-order valence-electron chi connectivity index (χ4n) is 3.18. The lowest BCUT2D eigenvalue weighted by Gasteiger charge is -2.32. The van der Waals surface area contributed by atoms with Gasteiger partial charge in [-0.05, 0) is 44.4 Å². The highest BCUT2D eigenvalue weighted by atomic mass is 32.2. The molecule has 2 aliphatic carbocycles. The molecular weight excluding hydrogens is 218 g/mol. The van der Waals surface area contributed by atoms with Gasteiger partial charge in [0.25, 0.3) is 0 Å². The summed E-state index contributed by atoms with van der Waals surface area (Å²) < 4.78 is 12.5. The third kappa shape index (κ3) is 3.07. The summed E-state index contributed by atoms with van der Waals surface area (Å²) in [6.07, 6.45) is 9.36. The van der Waals surface area contributed by atoms with Crippen LogP contribution in [0.4, 0.5) is 0 Å². The molecule has 0 aliphatic heterocycles. The van der Waals surface area contributed by atoms with Gasteiger partial charge in [-0.15, -0.1) is 0 Å². The van der Waals surface area contributed by atoms with E-state index in [0.29, 0.717) is 16.5 Å². The van der Waals surface area contributed by atoms with Gasteiger partial charge in [0, 0.05) is 27.3 Å². The first-order valence-electron chi connectivity index (χ1n) is 6.81. The van der Waals surface area contributed by atoms with Gasteiger partial charge >= 0.3 is 0 Å². The minimum absolute atomic E-state index is 0.374. The van der Waals surface area contributed by atoms with Crippen molar-refractivity contribution >= 4 is 10.8 Å². The van der Waals surface area contributed by atoms with E-state index in [4.69, 9.17) is 5.73 Å². The van der Waals surface area contributed by atoms with Crippen molar-refractivity contribution in [2.45, 2.75) is 74.8 Å². The first-order valence-corrected chi connectivity index (χ1v) is 8.09. The molecular formula is C13H25NOS. The molecule has 0 aromatic rings. The Labute approximate surface area is 102 Å². The Morgan fingerprint density at radius 2 is 1.69 bits per heavy atom. The Bertz CT molecular complexity index is 248. The minimum Gasteiger partial charge on any atom is -0.328 e. The lowest BCUT2D eigenvalue weighted by atomic mass is 9.90. The van der Waals surface area contributed by atoms with E-state index in [1.165, 1.54) is 25.7 Å². The van der Waals surface area contributed by atoms with Crippen LogP contribution >= 0.6 is 0 Å². The average molecular weight is 243 g/mol. The van der Waals surface area contributed by atoms with Crippen LogP contribution in [0.3, 0.4) is 0 Å². The van der Waals surface area contributed by atoms with Crippen molar-refractivity contribution in [3.05, 3.63) is 0 Å². The van der Waals surface area contributed by atoms with Crippen LogP contribution in [0.1, 0.15) is 58.3 Å². The van der Waals surface area contributed by atoms with Crippen LogP contribution in [0, 0.1) is 5.92 Å². The molecule has 0 amide bonds. The highest BCUT2D eigenvalue weighted by Gasteiger charge is 2.31. The van der Waals surface area contributed by atoms with Gasteiger partial charge in [-0.3, -0.25) is 4.21 Å². The topological polar surface area (TPSA) is 43.1 Å². The van der Waals surface area contributed by atoms with Gasteiger partial charge in [-0.2, -0.15) is 0 Å². The Morgan fingerprint density at radius 3 is 2.31 bits per heavy atom. The van der Waals surface area contributed by atoms with Crippen molar-refractivity contribution in [1.29, 1.82) is 0 Å². The zero-order valence-electron chi connectivity index (χ0n) is 10.4. The molecule has 0 aromatic heterocycles. The van der Waals surface area contributed by atoms with Gasteiger partial charge in [0.05, 0.1) is 0 Å². The van der Waals surface area contributed by atoms with E-state index in [9.17, 15) is 4.21 Å². The fourth-order valence-corrected chi connectivity index (χ4v) is 5.38. The first kappa shape index (κ1) is 12.6. The van der Waals surface area contributed by atoms with Crippen molar-refractivity contribution in [3.63, 3.8) is 0 Å². The quantitative estimate of drug-likeness (QED) is 0.810. The normalized spacial score (nSPS) is 42.9. The molecule has 94 valence electrons. The van der Waals surface area contributed by atoms with E-state index in [1.54, 1.807) is 0 Å². The molecule has 16 heavy (non-hydrogen) atoms. The molecule has 0 saturated heterocycles. The Morgan fingerprint density at radius 1 is 1.00 bits per heavy atom. The van der Waals surface area contributed by atoms with Gasteiger partial charge in [0.2, 0.25) is 0 Å². The third-order valence-corrected chi connectivity index (χ3v) is 6.48. The predicted octanol–water partition coefficient (Wildman–Crippen LogP) is 2.58. The van der Waals surface area contributed by atoms with Gasteiger partial charge in [-0.1, -0.05) is 19.8 Å². The van der Waals surface area contributed by atoms with Crippen LogP contribution < -0.4 is 5.73 Å². The van der Waals surface area contributed by atoms with Crippen LogP contribution in [0.5, 0.6) is 0 Å². The summed E-state index contributed by atoms with van der Waals surface area (Å²) in [4.78, 5) is 0. The summed E-state index contributed by atoms with van der Waals surface area (Å²) in [7, 11) is -0.584. The summed E-state index contributed by atoms with van der Waals surface area (Å²) in [5.41, 5.74) is 5.90. The van der Waals surface area contributed by atoms with Crippen LogP contribution in [-0.2, 0) is 10.8 Å².